The maximum absolute atomic E-state index is 12.6. The first-order valence-corrected chi connectivity index (χ1v) is 7.95. The number of carbonyl (C=O) groups is 1. The minimum atomic E-state index is -0.692. The first-order valence-electron chi connectivity index (χ1n) is 7.95. The lowest BCUT2D eigenvalue weighted by molar-refractivity contribution is -0.385. The molecule has 0 aliphatic carbocycles. The normalized spacial score (nSPS) is 10.6. The van der Waals surface area contributed by atoms with Crippen molar-refractivity contribution in [2.45, 2.75) is 6.92 Å². The number of H-pyrrole nitrogens is 2. The number of rotatable bonds is 6. The smallest absolute Gasteiger partial charge is 0.323 e. The number of aromatic nitrogens is 2. The van der Waals surface area contributed by atoms with Crippen LogP contribution in [0.3, 0.4) is 0 Å². The molecule has 2 aromatic carbocycles. The molecule has 10 heteroatoms. The predicted molar refractivity (Wildman–Crippen MR) is 97.7 cm³/mol. The van der Waals surface area contributed by atoms with Crippen LogP contribution in [0.5, 0.6) is 11.5 Å². The minimum absolute atomic E-state index is 0.159. The Hall–Kier alpha value is -3.82. The number of imidazole rings is 1. The van der Waals surface area contributed by atoms with Gasteiger partial charge in [-0.15, -0.1) is 0 Å². The summed E-state index contributed by atoms with van der Waals surface area (Å²) in [4.78, 5) is 39.8. The molecule has 1 aromatic heterocycles. The van der Waals surface area contributed by atoms with Crippen molar-refractivity contribution < 1.29 is 19.2 Å². The van der Waals surface area contributed by atoms with Crippen LogP contribution in [0, 0.1) is 10.1 Å². The van der Waals surface area contributed by atoms with Gasteiger partial charge in [0.05, 0.1) is 35.7 Å². The van der Waals surface area contributed by atoms with Crippen LogP contribution in [0.15, 0.2) is 35.1 Å². The third-order valence-corrected chi connectivity index (χ3v) is 3.80. The fourth-order valence-corrected chi connectivity index (χ4v) is 2.62. The van der Waals surface area contributed by atoms with E-state index in [2.05, 4.69) is 15.3 Å². The Bertz CT molecular complexity index is 1080. The summed E-state index contributed by atoms with van der Waals surface area (Å²) in [6.07, 6.45) is 0. The molecule has 0 saturated heterocycles. The summed E-state index contributed by atoms with van der Waals surface area (Å²) in [6, 6.07) is 7.14. The first kappa shape index (κ1) is 18.0. The maximum Gasteiger partial charge on any atom is 0.323 e. The molecule has 0 unspecified atom stereocenters. The molecular weight excluding hydrogens is 356 g/mol. The molecule has 0 atom stereocenters. The molecule has 3 aromatic rings. The number of nitro benzene ring substituents is 1. The molecule has 0 spiro atoms. The molecular formula is C17H16N4O6. The topological polar surface area (TPSA) is 139 Å². The predicted octanol–water partition coefficient (Wildman–Crippen LogP) is 2.42. The van der Waals surface area contributed by atoms with Crippen LogP contribution in [0.4, 0.5) is 11.4 Å². The van der Waals surface area contributed by atoms with Gasteiger partial charge in [0.1, 0.15) is 5.56 Å². The van der Waals surface area contributed by atoms with Gasteiger partial charge in [-0.1, -0.05) is 0 Å². The van der Waals surface area contributed by atoms with Gasteiger partial charge in [-0.2, -0.15) is 0 Å². The number of aromatic amines is 2. The van der Waals surface area contributed by atoms with E-state index in [9.17, 15) is 19.7 Å². The Morgan fingerprint density at radius 3 is 2.59 bits per heavy atom. The van der Waals surface area contributed by atoms with Crippen LogP contribution in [-0.2, 0) is 0 Å². The van der Waals surface area contributed by atoms with E-state index < -0.39 is 16.5 Å². The van der Waals surface area contributed by atoms with E-state index in [1.807, 2.05) is 0 Å². The van der Waals surface area contributed by atoms with Gasteiger partial charge in [-0.3, -0.25) is 14.9 Å². The van der Waals surface area contributed by atoms with E-state index >= 15 is 0 Å². The number of nitrogens with zero attached hydrogens (tertiary/aromatic N) is 1. The molecule has 0 bridgehead atoms. The standard InChI is InChI=1S/C17H16N4O6/c1-3-27-15-7-10(13(21(24)25)8-14(15)26-2)16(22)18-9-4-5-11-12(6-9)20-17(23)19-11/h4-8H,3H2,1-2H3,(H,18,22)(H2,19,20,23). The molecule has 3 rings (SSSR count). The SMILES string of the molecule is CCOc1cc(C(=O)Nc2ccc3[nH]c(=O)[nH]c3c2)c([N+](=O)[O-])cc1OC. The van der Waals surface area contributed by atoms with Gasteiger partial charge in [0, 0.05) is 11.8 Å². The van der Waals surface area contributed by atoms with Crippen LogP contribution >= 0.6 is 0 Å². The summed E-state index contributed by atoms with van der Waals surface area (Å²) >= 11 is 0. The van der Waals surface area contributed by atoms with E-state index in [1.54, 1.807) is 25.1 Å². The molecule has 10 nitrogen and oxygen atoms in total. The summed E-state index contributed by atoms with van der Waals surface area (Å²) in [5, 5.41) is 14.0. The van der Waals surface area contributed by atoms with Gasteiger partial charge in [-0.25, -0.2) is 4.79 Å². The number of benzene rings is 2. The van der Waals surface area contributed by atoms with Crippen LogP contribution in [0.2, 0.25) is 0 Å². The van der Waals surface area contributed by atoms with E-state index in [0.29, 0.717) is 23.3 Å². The zero-order valence-electron chi connectivity index (χ0n) is 14.5. The molecule has 1 heterocycles. The van der Waals surface area contributed by atoms with Gasteiger partial charge in [-0.05, 0) is 25.1 Å². The monoisotopic (exact) mass is 372 g/mol. The van der Waals surface area contributed by atoms with Crippen LogP contribution in [-0.4, -0.2) is 34.5 Å². The second kappa shape index (κ2) is 7.20. The van der Waals surface area contributed by atoms with Crippen molar-refractivity contribution in [2.24, 2.45) is 0 Å². The number of hydrogen-bond acceptors (Lipinski definition) is 6. The molecule has 0 radical (unpaired) electrons. The average Bonchev–Trinajstić information content (AvgIpc) is 3.00. The highest BCUT2D eigenvalue weighted by Gasteiger charge is 2.25. The highest BCUT2D eigenvalue weighted by atomic mass is 16.6. The van der Waals surface area contributed by atoms with Crippen molar-refractivity contribution in [2.75, 3.05) is 19.0 Å². The molecule has 0 aliphatic rings. The first-order chi connectivity index (χ1) is 12.9. The number of nitro groups is 1. The molecule has 1 amide bonds. The Labute approximate surface area is 152 Å². The Kier molecular flexibility index (Phi) is 4.79. The fraction of sp³-hybridized carbons (Fsp3) is 0.176. The van der Waals surface area contributed by atoms with Gasteiger partial charge in [0.2, 0.25) is 0 Å². The summed E-state index contributed by atoms with van der Waals surface area (Å²) in [6.45, 7) is 2.04. The van der Waals surface area contributed by atoms with Crippen molar-refractivity contribution >= 4 is 28.3 Å². The summed E-state index contributed by atoms with van der Waals surface area (Å²) in [5.74, 6) is -0.310. The molecule has 27 heavy (non-hydrogen) atoms. The minimum Gasteiger partial charge on any atom is -0.493 e. The number of carbonyl (C=O) groups excluding carboxylic acids is 1. The van der Waals surface area contributed by atoms with Crippen molar-refractivity contribution in [1.29, 1.82) is 0 Å². The molecule has 3 N–H and O–H groups in total. The lowest BCUT2D eigenvalue weighted by Gasteiger charge is -2.12. The summed E-state index contributed by atoms with van der Waals surface area (Å²) in [7, 11) is 1.36. The Morgan fingerprint density at radius 1 is 1.19 bits per heavy atom. The van der Waals surface area contributed by atoms with Gasteiger partial charge in [0.25, 0.3) is 11.6 Å². The zero-order valence-corrected chi connectivity index (χ0v) is 14.5. The second-order valence-corrected chi connectivity index (χ2v) is 5.50. The second-order valence-electron chi connectivity index (χ2n) is 5.50. The number of ether oxygens (including phenoxy) is 2. The third-order valence-electron chi connectivity index (χ3n) is 3.80. The quantitative estimate of drug-likeness (QED) is 0.448. The number of hydrogen-bond donors (Lipinski definition) is 3. The number of amides is 1. The highest BCUT2D eigenvalue weighted by Crippen LogP contribution is 2.35. The zero-order chi connectivity index (χ0) is 19.6. The molecule has 0 aliphatic heterocycles. The van der Waals surface area contributed by atoms with Crippen LogP contribution in [0.1, 0.15) is 17.3 Å². The Morgan fingerprint density at radius 2 is 1.93 bits per heavy atom. The van der Waals surface area contributed by atoms with Gasteiger partial charge < -0.3 is 24.8 Å². The number of methoxy groups -OCH3 is 1. The maximum atomic E-state index is 12.6. The third kappa shape index (κ3) is 3.59. The molecule has 0 saturated carbocycles. The van der Waals surface area contributed by atoms with Crippen molar-refractivity contribution in [3.05, 3.63) is 56.5 Å². The summed E-state index contributed by atoms with van der Waals surface area (Å²) < 4.78 is 10.5. The van der Waals surface area contributed by atoms with E-state index in [-0.39, 0.29) is 22.8 Å². The highest BCUT2D eigenvalue weighted by molar-refractivity contribution is 6.08. The number of fused-ring (bicyclic) bond motifs is 1. The number of anilines is 1. The van der Waals surface area contributed by atoms with Crippen molar-refractivity contribution in [1.82, 2.24) is 9.97 Å². The number of nitrogens with one attached hydrogen (secondary N) is 3. The largest absolute Gasteiger partial charge is 0.493 e. The van der Waals surface area contributed by atoms with E-state index in [1.165, 1.54) is 13.2 Å². The van der Waals surface area contributed by atoms with Gasteiger partial charge in [0.15, 0.2) is 11.5 Å². The van der Waals surface area contributed by atoms with Gasteiger partial charge >= 0.3 is 5.69 Å². The molecule has 140 valence electrons. The average molecular weight is 372 g/mol. The summed E-state index contributed by atoms with van der Waals surface area (Å²) in [5.41, 5.74) is 0.478. The van der Waals surface area contributed by atoms with Crippen LogP contribution in [0.25, 0.3) is 11.0 Å². The van der Waals surface area contributed by atoms with E-state index in [0.717, 1.165) is 6.07 Å². The lowest BCUT2D eigenvalue weighted by Crippen LogP contribution is -2.14. The molecule has 0 fully saturated rings. The van der Waals surface area contributed by atoms with Crippen molar-refractivity contribution in [3.8, 4) is 11.5 Å². The lowest BCUT2D eigenvalue weighted by atomic mass is 10.1. The Balaban J connectivity index is 1.99. The van der Waals surface area contributed by atoms with Crippen LogP contribution < -0.4 is 20.5 Å². The van der Waals surface area contributed by atoms with Crippen molar-refractivity contribution in [3.63, 3.8) is 0 Å². The fourth-order valence-electron chi connectivity index (χ4n) is 2.62. The van der Waals surface area contributed by atoms with E-state index in [4.69, 9.17) is 9.47 Å².